The van der Waals surface area contributed by atoms with Crippen molar-refractivity contribution in [3.05, 3.63) is 66.5 Å². The highest BCUT2D eigenvalue weighted by atomic mass is 32.2. The number of rotatable bonds is 7. The Bertz CT molecular complexity index is 1060. The number of carbonyl (C=O) groups is 3. The van der Waals surface area contributed by atoms with Crippen molar-refractivity contribution in [2.24, 2.45) is 11.8 Å². The molecule has 2 aliphatic heterocycles. The first-order valence-electron chi connectivity index (χ1n) is 12.0. The number of nitrogens with zero attached hydrogens (tertiary/aromatic N) is 1. The van der Waals surface area contributed by atoms with E-state index in [1.165, 1.54) is 4.90 Å². The third kappa shape index (κ3) is 6.05. The lowest BCUT2D eigenvalue weighted by molar-refractivity contribution is -0.143. The molecule has 6 nitrogen and oxygen atoms in total. The Kier molecular flexibility index (Phi) is 8.29. The number of β-lactam (4-membered cyclic amide) rings is 1. The molecular weight excluding hydrogens is 476 g/mol. The summed E-state index contributed by atoms with van der Waals surface area (Å²) < 4.78 is 6.47. The second-order valence-electron chi connectivity index (χ2n) is 10.6. The van der Waals surface area contributed by atoms with Gasteiger partial charge >= 0.3 is 0 Å². The normalized spacial score (nSPS) is 21.7. The predicted molar refractivity (Wildman–Crippen MR) is 143 cm³/mol. The summed E-state index contributed by atoms with van der Waals surface area (Å²) in [4.78, 5) is 41.0. The van der Waals surface area contributed by atoms with Gasteiger partial charge in [-0.2, -0.15) is 0 Å². The molecule has 4 atom stereocenters. The maximum absolute atomic E-state index is 13.3. The smallest absolute Gasteiger partial charge is 0.262 e. The van der Waals surface area contributed by atoms with Crippen molar-refractivity contribution in [2.75, 3.05) is 0 Å². The SMILES string of the molecule is CC(C(=O)Sc1ccccc1C(=O)N1C=CC=CC=C1)[C@H]1NC(=O)[C@@H]1C(C)O[Si](C)(C)C(C)(C)C. The zero-order chi connectivity index (χ0) is 26.0. The van der Waals surface area contributed by atoms with Crippen LogP contribution in [-0.2, 0) is 14.0 Å². The molecule has 1 saturated heterocycles. The summed E-state index contributed by atoms with van der Waals surface area (Å²) in [5.74, 6) is -1.09. The van der Waals surface area contributed by atoms with Crippen molar-refractivity contribution in [2.45, 2.75) is 69.8 Å². The van der Waals surface area contributed by atoms with Gasteiger partial charge in [-0.05, 0) is 49.3 Å². The summed E-state index contributed by atoms with van der Waals surface area (Å²) in [5.41, 5.74) is 0.457. The first-order chi connectivity index (χ1) is 16.3. The fourth-order valence-corrected chi connectivity index (χ4v) is 6.28. The van der Waals surface area contributed by atoms with E-state index in [2.05, 4.69) is 39.2 Å². The summed E-state index contributed by atoms with van der Waals surface area (Å²) >= 11 is 1.05. The molecule has 0 bridgehead atoms. The van der Waals surface area contributed by atoms with E-state index in [0.717, 1.165) is 11.8 Å². The molecule has 2 amide bonds. The molecule has 0 spiro atoms. The van der Waals surface area contributed by atoms with E-state index < -0.39 is 14.2 Å². The van der Waals surface area contributed by atoms with Crippen LogP contribution in [-0.4, -0.2) is 42.3 Å². The second-order valence-corrected chi connectivity index (χ2v) is 16.4. The summed E-state index contributed by atoms with van der Waals surface area (Å²) in [6.45, 7) is 14.6. The number of hydrogen-bond acceptors (Lipinski definition) is 5. The Morgan fingerprint density at radius 2 is 1.66 bits per heavy atom. The minimum absolute atomic E-state index is 0.0261. The van der Waals surface area contributed by atoms with Gasteiger partial charge in [0.2, 0.25) is 5.91 Å². The van der Waals surface area contributed by atoms with E-state index >= 15 is 0 Å². The van der Waals surface area contributed by atoms with Crippen LogP contribution in [0.5, 0.6) is 0 Å². The second kappa shape index (κ2) is 10.7. The van der Waals surface area contributed by atoms with E-state index in [9.17, 15) is 14.4 Å². The van der Waals surface area contributed by atoms with Crippen LogP contribution in [0.25, 0.3) is 0 Å². The lowest BCUT2D eigenvalue weighted by atomic mass is 9.79. The molecule has 8 heteroatoms. The van der Waals surface area contributed by atoms with Crippen LogP contribution in [0.4, 0.5) is 0 Å². The molecule has 2 aliphatic rings. The highest BCUT2D eigenvalue weighted by Crippen LogP contribution is 2.40. The largest absolute Gasteiger partial charge is 0.413 e. The molecule has 2 unspecified atom stereocenters. The van der Waals surface area contributed by atoms with Gasteiger partial charge in [0.1, 0.15) is 0 Å². The maximum atomic E-state index is 13.3. The van der Waals surface area contributed by atoms with Crippen LogP contribution >= 0.6 is 11.8 Å². The van der Waals surface area contributed by atoms with Crippen molar-refractivity contribution in [3.8, 4) is 0 Å². The molecule has 35 heavy (non-hydrogen) atoms. The van der Waals surface area contributed by atoms with Gasteiger partial charge < -0.3 is 9.74 Å². The molecule has 1 fully saturated rings. The average molecular weight is 513 g/mol. The summed E-state index contributed by atoms with van der Waals surface area (Å²) in [7, 11) is -2.06. The number of nitrogens with one attached hydrogen (secondary N) is 1. The van der Waals surface area contributed by atoms with Gasteiger partial charge in [-0.3, -0.25) is 19.3 Å². The third-order valence-corrected chi connectivity index (χ3v) is 12.8. The number of allylic oxidation sites excluding steroid dienone is 4. The molecule has 0 aliphatic carbocycles. The number of carbonyl (C=O) groups excluding carboxylic acids is 3. The zero-order valence-electron chi connectivity index (χ0n) is 21.6. The molecule has 1 N–H and O–H groups in total. The van der Waals surface area contributed by atoms with E-state index in [1.807, 2.05) is 32.1 Å². The Morgan fingerprint density at radius 3 is 2.23 bits per heavy atom. The van der Waals surface area contributed by atoms with E-state index in [4.69, 9.17) is 4.43 Å². The lowest BCUT2D eigenvalue weighted by Gasteiger charge is -2.46. The van der Waals surface area contributed by atoms with E-state index in [1.54, 1.807) is 42.8 Å². The van der Waals surface area contributed by atoms with Crippen LogP contribution in [0.1, 0.15) is 45.0 Å². The molecule has 0 aromatic heterocycles. The van der Waals surface area contributed by atoms with Crippen molar-refractivity contribution < 1.29 is 18.8 Å². The molecule has 3 rings (SSSR count). The quantitative estimate of drug-likeness (QED) is 0.296. The molecule has 1 aromatic rings. The summed E-state index contributed by atoms with van der Waals surface area (Å²) in [5, 5.41) is 2.85. The molecule has 188 valence electrons. The Balaban J connectivity index is 1.72. The van der Waals surface area contributed by atoms with Crippen LogP contribution in [0, 0.1) is 11.8 Å². The Hall–Kier alpha value is -2.42. The topological polar surface area (TPSA) is 75.7 Å². The van der Waals surface area contributed by atoms with Gasteiger partial charge in [-0.1, -0.05) is 63.7 Å². The van der Waals surface area contributed by atoms with Crippen molar-refractivity contribution in [1.82, 2.24) is 10.2 Å². The summed E-state index contributed by atoms with van der Waals surface area (Å²) in [6, 6.07) is 6.82. The van der Waals surface area contributed by atoms with Crippen LogP contribution < -0.4 is 5.32 Å². The molecule has 2 heterocycles. The number of hydrogen-bond donors (Lipinski definition) is 1. The van der Waals surface area contributed by atoms with Gasteiger partial charge in [0.05, 0.1) is 23.6 Å². The van der Waals surface area contributed by atoms with Crippen molar-refractivity contribution in [3.63, 3.8) is 0 Å². The Morgan fingerprint density at radius 1 is 1.06 bits per heavy atom. The van der Waals surface area contributed by atoms with E-state index in [0.29, 0.717) is 10.5 Å². The molecular formula is C27H36N2O4SSi. The summed E-state index contributed by atoms with van der Waals surface area (Å²) in [6.07, 6.45) is 10.3. The molecule has 1 aromatic carbocycles. The molecule has 0 saturated carbocycles. The number of benzene rings is 1. The van der Waals surface area contributed by atoms with Crippen molar-refractivity contribution >= 4 is 37.0 Å². The predicted octanol–water partition coefficient (Wildman–Crippen LogP) is 5.51. The lowest BCUT2D eigenvalue weighted by Crippen LogP contribution is -2.66. The number of amides is 2. The minimum Gasteiger partial charge on any atom is -0.413 e. The minimum atomic E-state index is -2.06. The van der Waals surface area contributed by atoms with Crippen molar-refractivity contribution in [1.29, 1.82) is 0 Å². The highest BCUT2D eigenvalue weighted by Gasteiger charge is 2.50. The highest BCUT2D eigenvalue weighted by molar-refractivity contribution is 8.13. The van der Waals surface area contributed by atoms with Crippen LogP contribution in [0.3, 0.4) is 0 Å². The van der Waals surface area contributed by atoms with Gasteiger partial charge in [-0.15, -0.1) is 0 Å². The van der Waals surface area contributed by atoms with Crippen LogP contribution in [0.2, 0.25) is 18.1 Å². The standard InChI is InChI=1S/C27H36N2O4SSi/c1-18(23-22(24(30)28-23)19(2)33-35(6,7)27(3,4)5)26(32)34-21-15-11-10-14-20(21)25(31)29-16-12-8-9-13-17-29/h8-19,22-23H,1-7H3,(H,28,30)/t18?,19?,22-,23-/m1/s1. The fraction of sp³-hybridized carbons (Fsp3) is 0.444. The Labute approximate surface area is 214 Å². The van der Waals surface area contributed by atoms with Crippen LogP contribution in [0.15, 0.2) is 65.9 Å². The van der Waals surface area contributed by atoms with Gasteiger partial charge in [0.25, 0.3) is 5.91 Å². The average Bonchev–Trinajstić information content (AvgIpc) is 3.05. The zero-order valence-corrected chi connectivity index (χ0v) is 23.4. The maximum Gasteiger partial charge on any atom is 0.262 e. The van der Waals surface area contributed by atoms with E-state index in [-0.39, 0.29) is 40.0 Å². The van der Waals surface area contributed by atoms with Gasteiger partial charge in [-0.25, -0.2) is 0 Å². The first kappa shape index (κ1) is 27.2. The molecule has 0 radical (unpaired) electrons. The van der Waals surface area contributed by atoms with Gasteiger partial charge in [0, 0.05) is 23.2 Å². The first-order valence-corrected chi connectivity index (χ1v) is 15.7. The van der Waals surface area contributed by atoms with Gasteiger partial charge in [0.15, 0.2) is 13.4 Å². The third-order valence-electron chi connectivity index (χ3n) is 7.09. The number of thioether (sulfide) groups is 1. The monoisotopic (exact) mass is 512 g/mol. The fourth-order valence-electron chi connectivity index (χ4n) is 3.89.